The zero-order valence-corrected chi connectivity index (χ0v) is 24.4. The number of amides is 2. The highest BCUT2D eigenvalue weighted by molar-refractivity contribution is 5.99. The van der Waals surface area contributed by atoms with E-state index in [1.54, 1.807) is 69.3 Å². The molecule has 222 valence electrons. The third-order valence-electron chi connectivity index (χ3n) is 6.18. The number of ether oxygens (including phenoxy) is 1. The topological polar surface area (TPSA) is 147 Å². The van der Waals surface area contributed by atoms with Crippen LogP contribution in [-0.4, -0.2) is 43.9 Å². The van der Waals surface area contributed by atoms with Gasteiger partial charge >= 0.3 is 6.09 Å². The summed E-state index contributed by atoms with van der Waals surface area (Å²) in [5.41, 5.74) is 2.76. The fraction of sp³-hybridized carbons (Fsp3) is 0.290. The largest absolute Gasteiger partial charge is 0.444 e. The van der Waals surface area contributed by atoms with E-state index in [0.717, 1.165) is 5.56 Å². The summed E-state index contributed by atoms with van der Waals surface area (Å²) in [6, 6.07) is 13.4. The van der Waals surface area contributed by atoms with Gasteiger partial charge in [0.15, 0.2) is 0 Å². The van der Waals surface area contributed by atoms with Gasteiger partial charge in [-0.1, -0.05) is 18.2 Å². The first-order valence-corrected chi connectivity index (χ1v) is 13.6. The number of carbonyl (C=O) groups excluding carboxylic acids is 2. The van der Waals surface area contributed by atoms with Crippen LogP contribution in [0.1, 0.15) is 53.5 Å². The third-order valence-corrected chi connectivity index (χ3v) is 6.18. The average Bonchev–Trinajstić information content (AvgIpc) is 3.40. The molecule has 3 heterocycles. The number of halogens is 1. The molecule has 0 bridgehead atoms. The Hall–Kier alpha value is -5.31. The van der Waals surface area contributed by atoms with Crippen LogP contribution in [0.4, 0.5) is 15.0 Å². The van der Waals surface area contributed by atoms with Crippen molar-refractivity contribution < 1.29 is 18.7 Å². The van der Waals surface area contributed by atoms with E-state index in [0.29, 0.717) is 35.5 Å². The number of alkyl carbamates (subject to hydrolysis) is 1. The molecule has 0 fully saturated rings. The number of aromatic nitrogens is 4. The standard InChI is InChI=1S/C31H33FN8O3/c1-31(2,3)43-30(42)37-18-26-21(8-6-11-34-26)16-36-29(41)25-14-22(15-33)27(23-17-38-40(4)19-23)39-28(25)35-12-10-20-7-5-9-24(32)13-20/h5-9,11,13-14,17,19H,10,12,16,18H2,1-4H3,(H,35,39)(H,36,41)(H,37,42). The van der Waals surface area contributed by atoms with Gasteiger partial charge < -0.3 is 20.7 Å². The second-order valence-corrected chi connectivity index (χ2v) is 10.7. The van der Waals surface area contributed by atoms with Crippen molar-refractivity contribution in [2.24, 2.45) is 7.05 Å². The van der Waals surface area contributed by atoms with E-state index in [9.17, 15) is 19.2 Å². The van der Waals surface area contributed by atoms with Crippen LogP contribution in [0.25, 0.3) is 11.3 Å². The maximum Gasteiger partial charge on any atom is 0.407 e. The molecule has 0 aliphatic heterocycles. The molecule has 12 heteroatoms. The van der Waals surface area contributed by atoms with E-state index >= 15 is 0 Å². The second kappa shape index (κ2) is 13.6. The fourth-order valence-electron chi connectivity index (χ4n) is 4.22. The lowest BCUT2D eigenvalue weighted by molar-refractivity contribution is 0.0522. The van der Waals surface area contributed by atoms with Crippen molar-refractivity contribution in [3.8, 4) is 17.3 Å². The lowest BCUT2D eigenvalue weighted by atomic mass is 10.1. The van der Waals surface area contributed by atoms with Crippen LogP contribution in [0.2, 0.25) is 0 Å². The van der Waals surface area contributed by atoms with Gasteiger partial charge in [0.2, 0.25) is 0 Å². The molecule has 0 aliphatic carbocycles. The Morgan fingerprint density at radius 1 is 1.12 bits per heavy atom. The summed E-state index contributed by atoms with van der Waals surface area (Å²) >= 11 is 0. The summed E-state index contributed by atoms with van der Waals surface area (Å²) in [4.78, 5) is 34.6. The number of rotatable bonds is 10. The van der Waals surface area contributed by atoms with Crippen LogP contribution < -0.4 is 16.0 Å². The molecule has 2 amide bonds. The highest BCUT2D eigenvalue weighted by Crippen LogP contribution is 2.26. The smallest absolute Gasteiger partial charge is 0.407 e. The van der Waals surface area contributed by atoms with Gasteiger partial charge in [0.05, 0.1) is 35.3 Å². The summed E-state index contributed by atoms with van der Waals surface area (Å²) in [5.74, 6) is -0.529. The van der Waals surface area contributed by atoms with Gasteiger partial charge in [-0.3, -0.25) is 14.5 Å². The molecule has 11 nitrogen and oxygen atoms in total. The monoisotopic (exact) mass is 584 g/mol. The zero-order valence-electron chi connectivity index (χ0n) is 24.4. The van der Waals surface area contributed by atoms with Gasteiger partial charge in [-0.2, -0.15) is 10.4 Å². The third kappa shape index (κ3) is 8.59. The summed E-state index contributed by atoms with van der Waals surface area (Å²) in [6.45, 7) is 5.89. The summed E-state index contributed by atoms with van der Waals surface area (Å²) in [5, 5.41) is 22.8. The Kier molecular flexibility index (Phi) is 9.67. The number of anilines is 1. The number of nitrogens with zero attached hydrogens (tertiary/aromatic N) is 5. The summed E-state index contributed by atoms with van der Waals surface area (Å²) in [7, 11) is 1.76. The first-order valence-electron chi connectivity index (χ1n) is 13.6. The van der Waals surface area contributed by atoms with Crippen molar-refractivity contribution in [2.45, 2.75) is 45.9 Å². The number of nitrogens with one attached hydrogen (secondary N) is 3. The van der Waals surface area contributed by atoms with Crippen LogP contribution in [0.5, 0.6) is 0 Å². The van der Waals surface area contributed by atoms with E-state index in [1.165, 1.54) is 18.2 Å². The Bertz CT molecular complexity index is 1660. The molecule has 4 rings (SSSR count). The predicted molar refractivity (Wildman–Crippen MR) is 158 cm³/mol. The highest BCUT2D eigenvalue weighted by atomic mass is 19.1. The van der Waals surface area contributed by atoms with Gasteiger partial charge in [0.1, 0.15) is 23.3 Å². The number of aryl methyl sites for hydroxylation is 1. The normalized spacial score (nSPS) is 11.0. The predicted octanol–water partition coefficient (Wildman–Crippen LogP) is 4.50. The van der Waals surface area contributed by atoms with Crippen LogP contribution >= 0.6 is 0 Å². The number of hydrogen-bond donors (Lipinski definition) is 3. The molecule has 0 atom stereocenters. The van der Waals surface area contributed by atoms with E-state index in [2.05, 4.69) is 37.1 Å². The molecule has 0 unspecified atom stereocenters. The van der Waals surface area contributed by atoms with Gasteiger partial charge in [0.25, 0.3) is 5.91 Å². The molecule has 3 aromatic heterocycles. The molecule has 43 heavy (non-hydrogen) atoms. The number of nitriles is 1. The molecule has 3 N–H and O–H groups in total. The molecular weight excluding hydrogens is 551 g/mol. The zero-order chi connectivity index (χ0) is 31.0. The number of pyridine rings is 2. The molecule has 0 saturated carbocycles. The number of benzene rings is 1. The minimum atomic E-state index is -0.642. The minimum absolute atomic E-state index is 0.104. The number of carbonyl (C=O) groups is 2. The Morgan fingerprint density at radius 2 is 1.93 bits per heavy atom. The Balaban J connectivity index is 1.54. The van der Waals surface area contributed by atoms with E-state index in [1.807, 2.05) is 6.07 Å². The van der Waals surface area contributed by atoms with Crippen LogP contribution in [0.3, 0.4) is 0 Å². The summed E-state index contributed by atoms with van der Waals surface area (Å²) in [6.07, 6.45) is 4.82. The van der Waals surface area contributed by atoms with Crippen LogP contribution in [-0.2, 0) is 31.3 Å². The van der Waals surface area contributed by atoms with E-state index in [4.69, 9.17) is 4.74 Å². The first-order chi connectivity index (χ1) is 20.5. The maximum absolute atomic E-state index is 13.7. The first kappa shape index (κ1) is 30.6. The fourth-order valence-corrected chi connectivity index (χ4v) is 4.22. The molecule has 1 aromatic carbocycles. The van der Waals surface area contributed by atoms with Crippen molar-refractivity contribution in [3.63, 3.8) is 0 Å². The van der Waals surface area contributed by atoms with Crippen molar-refractivity contribution >= 4 is 17.8 Å². The Morgan fingerprint density at radius 3 is 2.63 bits per heavy atom. The Labute approximate surface area is 249 Å². The van der Waals surface area contributed by atoms with Gasteiger partial charge in [-0.15, -0.1) is 0 Å². The van der Waals surface area contributed by atoms with Crippen molar-refractivity contribution in [2.75, 3.05) is 11.9 Å². The summed E-state index contributed by atoms with van der Waals surface area (Å²) < 4.78 is 20.5. The lowest BCUT2D eigenvalue weighted by Gasteiger charge is -2.20. The molecule has 0 saturated heterocycles. The second-order valence-electron chi connectivity index (χ2n) is 10.7. The van der Waals surface area contributed by atoms with Gasteiger partial charge in [0, 0.05) is 38.1 Å². The molecule has 0 aliphatic rings. The maximum atomic E-state index is 13.7. The SMILES string of the molecule is Cn1cc(-c2nc(NCCc3cccc(F)c3)c(C(=O)NCc3cccnc3CNC(=O)OC(C)(C)C)cc2C#N)cn1. The van der Waals surface area contributed by atoms with E-state index in [-0.39, 0.29) is 35.9 Å². The van der Waals surface area contributed by atoms with Gasteiger partial charge in [-0.25, -0.2) is 14.2 Å². The number of hydrogen-bond acceptors (Lipinski definition) is 8. The van der Waals surface area contributed by atoms with Crippen LogP contribution in [0, 0.1) is 17.1 Å². The molecule has 0 spiro atoms. The van der Waals surface area contributed by atoms with Crippen molar-refractivity contribution in [3.05, 3.63) is 94.8 Å². The van der Waals surface area contributed by atoms with Gasteiger partial charge in [-0.05, 0) is 62.6 Å². The quantitative estimate of drug-likeness (QED) is 0.247. The van der Waals surface area contributed by atoms with E-state index < -0.39 is 17.6 Å². The average molecular weight is 585 g/mol. The lowest BCUT2D eigenvalue weighted by Crippen LogP contribution is -2.33. The highest BCUT2D eigenvalue weighted by Gasteiger charge is 2.20. The van der Waals surface area contributed by atoms with Crippen molar-refractivity contribution in [1.29, 1.82) is 5.26 Å². The van der Waals surface area contributed by atoms with Crippen LogP contribution in [0.15, 0.2) is 61.1 Å². The molecular formula is C31H33FN8O3. The molecule has 4 aromatic rings. The molecule has 0 radical (unpaired) electrons. The minimum Gasteiger partial charge on any atom is -0.444 e. The van der Waals surface area contributed by atoms with Crippen molar-refractivity contribution in [1.82, 2.24) is 30.4 Å².